The van der Waals surface area contributed by atoms with E-state index in [1.165, 1.54) is 24.3 Å². The molecule has 4 rings (SSSR count). The molecule has 2 aromatic carbocycles. The zero-order valence-electron chi connectivity index (χ0n) is 21.8. The standard InChI is InChI=1S/C26H31FN2O6S3/c1-16-20-15-19(27)7-9-22(20)36-24(16)29(37(31)32)21-8-6-18(14-23(21)38(5,33)34)17-10-12-28(13-11-17)25(30)35-26(2,3)4/h6-9,14-15,17H,10-13H2,1-5H3,(H,31,32)/p-1. The zero-order chi connectivity index (χ0) is 28.0. The predicted octanol–water partition coefficient (Wildman–Crippen LogP) is 5.80. The largest absolute Gasteiger partial charge is 0.755 e. The van der Waals surface area contributed by atoms with Crippen LogP contribution in [0.15, 0.2) is 41.3 Å². The highest BCUT2D eigenvalue weighted by molar-refractivity contribution is 7.91. The van der Waals surface area contributed by atoms with Gasteiger partial charge in [0, 0.05) is 29.4 Å². The Morgan fingerprint density at radius 2 is 1.84 bits per heavy atom. The molecule has 1 unspecified atom stereocenters. The van der Waals surface area contributed by atoms with Gasteiger partial charge in [0.25, 0.3) is 0 Å². The Balaban J connectivity index is 1.68. The molecule has 1 aromatic heterocycles. The maximum absolute atomic E-state index is 13.9. The SMILES string of the molecule is Cc1c(N(c2ccc(C3CCN(C(=O)OC(C)(C)C)CC3)cc2S(C)(=O)=O)S(=O)[O-])sc2ccc(F)cc12. The second-order valence-corrected chi connectivity index (χ2v) is 14.2. The molecular weight excluding hydrogens is 551 g/mol. The number of hydrogen-bond acceptors (Lipinski definition) is 7. The molecule has 0 N–H and O–H groups in total. The highest BCUT2D eigenvalue weighted by Crippen LogP contribution is 2.44. The molecule has 0 spiro atoms. The lowest BCUT2D eigenvalue weighted by Crippen LogP contribution is -2.41. The summed E-state index contributed by atoms with van der Waals surface area (Å²) in [6, 6.07) is 8.97. The number of piperidine rings is 1. The van der Waals surface area contributed by atoms with Crippen molar-refractivity contribution in [1.29, 1.82) is 0 Å². The molecule has 8 nitrogen and oxygen atoms in total. The van der Waals surface area contributed by atoms with Crippen LogP contribution in [-0.4, -0.2) is 53.1 Å². The summed E-state index contributed by atoms with van der Waals surface area (Å²) >= 11 is -1.70. The van der Waals surface area contributed by atoms with E-state index >= 15 is 0 Å². The highest BCUT2D eigenvalue weighted by Gasteiger charge is 2.30. The van der Waals surface area contributed by atoms with Crippen molar-refractivity contribution in [2.75, 3.05) is 23.7 Å². The fourth-order valence-electron chi connectivity index (χ4n) is 4.60. The highest BCUT2D eigenvalue weighted by atomic mass is 32.2. The van der Waals surface area contributed by atoms with Crippen molar-refractivity contribution in [1.82, 2.24) is 4.90 Å². The van der Waals surface area contributed by atoms with Crippen LogP contribution in [0, 0.1) is 12.7 Å². The number of amides is 1. The number of nitrogens with zero attached hydrogens (tertiary/aromatic N) is 2. The third-order valence-electron chi connectivity index (χ3n) is 6.43. The number of likely N-dealkylation sites (tertiary alicyclic amines) is 1. The first-order valence-corrected chi connectivity index (χ1v) is 15.8. The lowest BCUT2D eigenvalue weighted by molar-refractivity contribution is 0.0205. The normalized spacial score (nSPS) is 16.0. The maximum Gasteiger partial charge on any atom is 0.410 e. The van der Waals surface area contributed by atoms with E-state index in [2.05, 4.69) is 0 Å². The van der Waals surface area contributed by atoms with Crippen LogP contribution in [0.4, 0.5) is 19.9 Å². The Morgan fingerprint density at radius 1 is 1.18 bits per heavy atom. The van der Waals surface area contributed by atoms with Crippen molar-refractivity contribution >= 4 is 59.3 Å². The monoisotopic (exact) mass is 581 g/mol. The molecule has 38 heavy (non-hydrogen) atoms. The minimum atomic E-state index is -3.83. The summed E-state index contributed by atoms with van der Waals surface area (Å²) < 4.78 is 71.7. The van der Waals surface area contributed by atoms with Crippen molar-refractivity contribution in [3.8, 4) is 0 Å². The number of hydrogen-bond donors (Lipinski definition) is 0. The lowest BCUT2D eigenvalue weighted by atomic mass is 9.89. The molecule has 0 aliphatic carbocycles. The molecule has 1 atom stereocenters. The van der Waals surface area contributed by atoms with Crippen LogP contribution in [0.5, 0.6) is 0 Å². The van der Waals surface area contributed by atoms with Gasteiger partial charge in [0.05, 0.1) is 21.8 Å². The Kier molecular flexibility index (Phi) is 7.91. The molecular formula is C26H30FN2O6S3-. The molecule has 2 heterocycles. The van der Waals surface area contributed by atoms with Gasteiger partial charge in [-0.2, -0.15) is 0 Å². The van der Waals surface area contributed by atoms with Crippen LogP contribution in [0.3, 0.4) is 0 Å². The van der Waals surface area contributed by atoms with Gasteiger partial charge in [0.15, 0.2) is 9.84 Å². The van der Waals surface area contributed by atoms with Gasteiger partial charge in [-0.05, 0) is 87.9 Å². The van der Waals surface area contributed by atoms with Gasteiger partial charge in [-0.3, -0.25) is 8.51 Å². The molecule has 3 aromatic rings. The first-order chi connectivity index (χ1) is 17.7. The third-order valence-corrected chi connectivity index (χ3v) is 9.60. The van der Waals surface area contributed by atoms with Gasteiger partial charge in [-0.1, -0.05) is 6.07 Å². The number of ether oxygens (including phenoxy) is 1. The summed E-state index contributed by atoms with van der Waals surface area (Å²) in [5.41, 5.74) is 0.699. The number of rotatable bonds is 5. The van der Waals surface area contributed by atoms with E-state index in [0.717, 1.165) is 27.5 Å². The number of thiophene rings is 1. The maximum atomic E-state index is 13.9. The molecule has 1 aliphatic heterocycles. The molecule has 0 radical (unpaired) electrons. The molecule has 206 valence electrons. The quantitative estimate of drug-likeness (QED) is 0.353. The molecule has 1 saturated heterocycles. The Morgan fingerprint density at radius 3 is 2.42 bits per heavy atom. The molecule has 1 amide bonds. The van der Waals surface area contributed by atoms with Gasteiger partial charge < -0.3 is 14.2 Å². The predicted molar refractivity (Wildman–Crippen MR) is 147 cm³/mol. The summed E-state index contributed by atoms with van der Waals surface area (Å²) in [4.78, 5) is 13.9. The molecule has 0 bridgehead atoms. The van der Waals surface area contributed by atoms with Crippen LogP contribution in [0.25, 0.3) is 10.1 Å². The third kappa shape index (κ3) is 6.03. The van der Waals surface area contributed by atoms with Crippen LogP contribution in [-0.2, 0) is 25.8 Å². The van der Waals surface area contributed by atoms with Crippen LogP contribution in [0.2, 0.25) is 0 Å². The Bertz CT molecular complexity index is 1510. The topological polar surface area (TPSA) is 107 Å². The second-order valence-electron chi connectivity index (χ2n) is 10.4. The van der Waals surface area contributed by atoms with E-state index in [1.54, 1.807) is 24.0 Å². The van der Waals surface area contributed by atoms with Gasteiger partial charge in [-0.15, -0.1) is 11.3 Å². The minimum Gasteiger partial charge on any atom is -0.755 e. The number of benzene rings is 2. The van der Waals surface area contributed by atoms with Gasteiger partial charge in [0.1, 0.15) is 16.4 Å². The molecule has 1 fully saturated rings. The lowest BCUT2D eigenvalue weighted by Gasteiger charge is -2.34. The average molecular weight is 582 g/mol. The van der Waals surface area contributed by atoms with Gasteiger partial charge in [0.2, 0.25) is 0 Å². The summed E-state index contributed by atoms with van der Waals surface area (Å²) in [5.74, 6) is -0.456. The van der Waals surface area contributed by atoms with Crippen molar-refractivity contribution in [2.45, 2.75) is 57.0 Å². The first kappa shape index (κ1) is 28.5. The minimum absolute atomic E-state index is 0.00547. The van der Waals surface area contributed by atoms with E-state index in [4.69, 9.17) is 4.74 Å². The number of halogens is 1. The van der Waals surface area contributed by atoms with E-state index in [9.17, 15) is 26.4 Å². The second kappa shape index (κ2) is 10.6. The molecule has 12 heteroatoms. The summed E-state index contributed by atoms with van der Waals surface area (Å²) in [6.07, 6.45) is 1.88. The van der Waals surface area contributed by atoms with Gasteiger partial charge in [-0.25, -0.2) is 17.6 Å². The average Bonchev–Trinajstić information content (AvgIpc) is 3.13. The van der Waals surface area contributed by atoms with E-state index < -0.39 is 32.5 Å². The van der Waals surface area contributed by atoms with Crippen molar-refractivity contribution < 1.29 is 31.1 Å². The summed E-state index contributed by atoms with van der Waals surface area (Å²) in [5, 5.41) is 0.858. The fraction of sp³-hybridized carbons (Fsp3) is 0.423. The first-order valence-electron chi connectivity index (χ1n) is 12.1. The number of aryl methyl sites for hydroxylation is 1. The Labute approximate surface area is 228 Å². The van der Waals surface area contributed by atoms with Crippen LogP contribution in [0.1, 0.15) is 50.7 Å². The number of sulfone groups is 1. The van der Waals surface area contributed by atoms with Crippen molar-refractivity contribution in [3.05, 3.63) is 53.3 Å². The molecule has 0 saturated carbocycles. The summed E-state index contributed by atoms with van der Waals surface area (Å²) in [6.45, 7) is 8.03. The van der Waals surface area contributed by atoms with E-state index in [1.807, 2.05) is 20.8 Å². The fourth-order valence-corrected chi connectivity index (χ4v) is 7.55. The number of carbonyl (C=O) groups is 1. The van der Waals surface area contributed by atoms with Gasteiger partial charge >= 0.3 is 6.09 Å². The van der Waals surface area contributed by atoms with Crippen molar-refractivity contribution in [3.63, 3.8) is 0 Å². The number of anilines is 2. The summed E-state index contributed by atoms with van der Waals surface area (Å²) in [7, 11) is -3.83. The van der Waals surface area contributed by atoms with Crippen molar-refractivity contribution in [2.24, 2.45) is 0 Å². The Hall–Kier alpha value is -2.54. The van der Waals surface area contributed by atoms with Crippen LogP contribution < -0.4 is 4.31 Å². The number of carbonyl (C=O) groups excluding carboxylic acids is 1. The van der Waals surface area contributed by atoms with E-state index in [-0.39, 0.29) is 22.6 Å². The number of fused-ring (bicyclic) bond motifs is 1. The smallest absolute Gasteiger partial charge is 0.410 e. The van der Waals surface area contributed by atoms with E-state index in [0.29, 0.717) is 46.6 Å². The zero-order valence-corrected chi connectivity index (χ0v) is 24.3. The molecule has 1 aliphatic rings. The van der Waals surface area contributed by atoms with Crippen LogP contribution >= 0.6 is 11.3 Å².